The minimum absolute atomic E-state index is 0.300. The molecule has 0 saturated heterocycles. The van der Waals surface area contributed by atoms with E-state index in [4.69, 9.17) is 9.47 Å². The Morgan fingerprint density at radius 2 is 1.42 bits per heavy atom. The Kier molecular flexibility index (Phi) is 7.46. The molecule has 0 aromatic carbocycles. The van der Waals surface area contributed by atoms with Crippen LogP contribution in [0.2, 0.25) is 0 Å². The monoisotopic (exact) mass is 396 g/mol. The summed E-state index contributed by atoms with van der Waals surface area (Å²) in [7, 11) is -3.29. The summed E-state index contributed by atoms with van der Waals surface area (Å²) in [4.78, 5) is 24.5. The number of hydrogen-bond donors (Lipinski definition) is 1. The van der Waals surface area contributed by atoms with Crippen molar-refractivity contribution in [3.8, 4) is 0 Å². The molecule has 0 amide bonds. The van der Waals surface area contributed by atoms with Gasteiger partial charge in [0.15, 0.2) is 0 Å². The van der Waals surface area contributed by atoms with Gasteiger partial charge in [0, 0.05) is 12.3 Å². The molecule has 0 aliphatic rings. The first-order valence-corrected chi connectivity index (χ1v) is 9.75. The smallest absolute Gasteiger partial charge is 0.379 e. The Morgan fingerprint density at radius 3 is 1.77 bits per heavy atom. The largest absolute Gasteiger partial charge is 0.464 e. The molecule has 1 N–H and O–H groups in total. The number of methoxy groups -OCH3 is 1. The van der Waals surface area contributed by atoms with E-state index in [-0.39, 0.29) is 6.61 Å². The van der Waals surface area contributed by atoms with E-state index in [0.717, 1.165) is 7.11 Å². The van der Waals surface area contributed by atoms with Crippen molar-refractivity contribution in [3.05, 3.63) is 0 Å². The molecule has 0 rings (SSSR count). The summed E-state index contributed by atoms with van der Waals surface area (Å²) < 4.78 is 46.8. The molecule has 1 atom stereocenters. The third-order valence-corrected chi connectivity index (χ3v) is 7.11. The van der Waals surface area contributed by atoms with Gasteiger partial charge in [-0.2, -0.15) is 8.42 Å². The molecule has 0 aliphatic carbocycles. The molecule has 9 heteroatoms. The van der Waals surface area contributed by atoms with E-state index >= 15 is 0 Å². The second-order valence-electron chi connectivity index (χ2n) is 8.22. The highest BCUT2D eigenvalue weighted by Gasteiger charge is 2.50. The molecule has 0 radical (unpaired) electrons. The number of carbonyl (C=O) groups excluding carboxylic acids is 2. The zero-order chi connectivity index (χ0) is 21.2. The van der Waals surface area contributed by atoms with Gasteiger partial charge in [0.25, 0.3) is 10.1 Å². The fourth-order valence-electron chi connectivity index (χ4n) is 1.62. The molecule has 154 valence electrons. The Morgan fingerprint density at radius 1 is 0.962 bits per heavy atom. The standard InChI is InChI=1S/C17H32O8S/c1-10-14(2,3)12(18)25-17(8,13(19)23-9)24-11-15(4,5)16(6,7)26(20,21)22/h10-11H2,1-9H3,(H,20,21,22). The Balaban J connectivity index is 5.62. The fraction of sp³-hybridized carbons (Fsp3) is 0.882. The second kappa shape index (κ2) is 7.82. The molecule has 0 aromatic heterocycles. The van der Waals surface area contributed by atoms with Crippen molar-refractivity contribution in [2.45, 2.75) is 72.3 Å². The first-order valence-electron chi connectivity index (χ1n) is 8.31. The Labute approximate surface area is 156 Å². The van der Waals surface area contributed by atoms with Crippen molar-refractivity contribution in [2.24, 2.45) is 10.8 Å². The number of rotatable bonds is 9. The summed E-state index contributed by atoms with van der Waals surface area (Å²) in [5.41, 5.74) is -1.97. The molecule has 0 aliphatic heterocycles. The molecule has 1 unspecified atom stereocenters. The quantitative estimate of drug-likeness (QED) is 0.359. The molecule has 26 heavy (non-hydrogen) atoms. The molecule has 0 saturated carbocycles. The lowest BCUT2D eigenvalue weighted by atomic mass is 9.81. The van der Waals surface area contributed by atoms with E-state index in [2.05, 4.69) is 4.74 Å². The summed E-state index contributed by atoms with van der Waals surface area (Å²) in [6.45, 7) is 11.9. The lowest BCUT2D eigenvalue weighted by Gasteiger charge is -2.40. The van der Waals surface area contributed by atoms with Gasteiger partial charge in [-0.05, 0) is 34.1 Å². The van der Waals surface area contributed by atoms with Crippen molar-refractivity contribution in [1.29, 1.82) is 0 Å². The van der Waals surface area contributed by atoms with Crippen LogP contribution < -0.4 is 0 Å². The lowest BCUT2D eigenvalue weighted by Crippen LogP contribution is -2.53. The van der Waals surface area contributed by atoms with E-state index in [1.54, 1.807) is 34.6 Å². The third-order valence-electron chi connectivity index (χ3n) is 5.26. The van der Waals surface area contributed by atoms with Crippen molar-refractivity contribution in [2.75, 3.05) is 13.7 Å². The molecular formula is C17H32O8S. The molecule has 0 aromatic rings. The van der Waals surface area contributed by atoms with Crippen LogP contribution in [0, 0.1) is 10.8 Å². The highest BCUT2D eigenvalue weighted by atomic mass is 32.2. The Bertz CT molecular complexity index is 633. The van der Waals surface area contributed by atoms with Crippen LogP contribution in [-0.4, -0.2) is 49.2 Å². The average Bonchev–Trinajstić information content (AvgIpc) is 2.50. The highest BCUT2D eigenvalue weighted by molar-refractivity contribution is 7.87. The van der Waals surface area contributed by atoms with E-state index in [1.165, 1.54) is 20.8 Å². The number of hydrogen-bond acceptors (Lipinski definition) is 7. The van der Waals surface area contributed by atoms with E-state index in [9.17, 15) is 22.6 Å². The zero-order valence-electron chi connectivity index (χ0n) is 17.1. The number of carbonyl (C=O) groups is 2. The highest BCUT2D eigenvalue weighted by Crippen LogP contribution is 2.38. The summed E-state index contributed by atoms with van der Waals surface area (Å²) in [6.07, 6.45) is 0.477. The topological polar surface area (TPSA) is 116 Å². The lowest BCUT2D eigenvalue weighted by molar-refractivity contribution is -0.247. The van der Waals surface area contributed by atoms with Crippen LogP contribution in [0.5, 0.6) is 0 Å². The predicted octanol–water partition coefficient (Wildman–Crippen LogP) is 2.56. The summed E-state index contributed by atoms with van der Waals surface area (Å²) in [6, 6.07) is 0. The first kappa shape index (κ1) is 24.8. The predicted molar refractivity (Wildman–Crippen MR) is 95.9 cm³/mol. The van der Waals surface area contributed by atoms with E-state index in [1.807, 2.05) is 0 Å². The summed E-state index contributed by atoms with van der Waals surface area (Å²) >= 11 is 0. The van der Waals surface area contributed by atoms with Gasteiger partial charge in [-0.25, -0.2) is 4.79 Å². The van der Waals surface area contributed by atoms with Crippen molar-refractivity contribution < 1.29 is 36.8 Å². The SMILES string of the molecule is CCC(C)(C)C(=O)OC(C)(OCC(C)(C)C(C)(C)S(=O)(=O)O)C(=O)OC. The molecular weight excluding hydrogens is 364 g/mol. The number of esters is 2. The van der Waals surface area contributed by atoms with Gasteiger partial charge in [-0.15, -0.1) is 0 Å². The first-order chi connectivity index (χ1) is 11.4. The zero-order valence-corrected chi connectivity index (χ0v) is 17.9. The Hall–Kier alpha value is -1.19. The van der Waals surface area contributed by atoms with Gasteiger partial charge in [0.1, 0.15) is 0 Å². The molecule has 8 nitrogen and oxygen atoms in total. The van der Waals surface area contributed by atoms with Crippen LogP contribution >= 0.6 is 0 Å². The van der Waals surface area contributed by atoms with Gasteiger partial charge in [-0.1, -0.05) is 20.8 Å². The fourth-order valence-corrected chi connectivity index (χ4v) is 2.37. The molecule has 0 spiro atoms. The molecule has 0 heterocycles. The van der Waals surface area contributed by atoms with Gasteiger partial charge in [0.05, 0.1) is 23.9 Å². The van der Waals surface area contributed by atoms with Gasteiger partial charge in [0.2, 0.25) is 0 Å². The maximum Gasteiger partial charge on any atom is 0.379 e. The van der Waals surface area contributed by atoms with Crippen LogP contribution in [0.1, 0.15) is 61.8 Å². The number of ether oxygens (including phenoxy) is 3. The van der Waals surface area contributed by atoms with E-state index < -0.39 is 43.4 Å². The van der Waals surface area contributed by atoms with Gasteiger partial charge >= 0.3 is 17.7 Å². The van der Waals surface area contributed by atoms with Crippen LogP contribution in [0.4, 0.5) is 0 Å². The van der Waals surface area contributed by atoms with Crippen LogP contribution in [0.25, 0.3) is 0 Å². The third kappa shape index (κ3) is 5.17. The molecule has 0 bridgehead atoms. The maximum atomic E-state index is 12.4. The van der Waals surface area contributed by atoms with Gasteiger partial charge < -0.3 is 14.2 Å². The average molecular weight is 397 g/mol. The van der Waals surface area contributed by atoms with Crippen molar-refractivity contribution in [1.82, 2.24) is 0 Å². The van der Waals surface area contributed by atoms with Gasteiger partial charge in [-0.3, -0.25) is 9.35 Å². The van der Waals surface area contributed by atoms with Crippen LogP contribution in [0.3, 0.4) is 0 Å². The second-order valence-corrected chi connectivity index (χ2v) is 10.2. The normalized spacial score (nSPS) is 15.9. The maximum absolute atomic E-state index is 12.4. The minimum Gasteiger partial charge on any atom is -0.464 e. The molecule has 0 fully saturated rings. The van der Waals surface area contributed by atoms with Crippen molar-refractivity contribution in [3.63, 3.8) is 0 Å². The van der Waals surface area contributed by atoms with Crippen LogP contribution in [-0.2, 0) is 33.9 Å². The summed E-state index contributed by atoms with van der Waals surface area (Å²) in [5.74, 6) is -3.64. The van der Waals surface area contributed by atoms with Crippen molar-refractivity contribution >= 4 is 22.1 Å². The van der Waals surface area contributed by atoms with E-state index in [0.29, 0.717) is 6.42 Å². The minimum atomic E-state index is -4.41. The van der Waals surface area contributed by atoms with Crippen LogP contribution in [0.15, 0.2) is 0 Å². The summed E-state index contributed by atoms with van der Waals surface area (Å²) in [5, 5.41) is 0.